The first-order valence-corrected chi connectivity index (χ1v) is 9.19. The topological polar surface area (TPSA) is 66.2 Å². The maximum absolute atomic E-state index is 10.1. The van der Waals surface area contributed by atoms with Gasteiger partial charge in [-0.2, -0.15) is 0 Å². The summed E-state index contributed by atoms with van der Waals surface area (Å²) in [6.07, 6.45) is 0. The summed E-state index contributed by atoms with van der Waals surface area (Å²) < 4.78 is 0. The van der Waals surface area contributed by atoms with Crippen molar-refractivity contribution in [1.29, 1.82) is 0 Å². The number of aromatic nitrogens is 2. The molecule has 0 fully saturated rings. The van der Waals surface area contributed by atoms with Crippen LogP contribution < -0.4 is 0 Å². The summed E-state index contributed by atoms with van der Waals surface area (Å²) in [5.41, 5.74) is 3.49. The minimum atomic E-state index is 0.0969. The Kier molecular flexibility index (Phi) is 4.90. The molecule has 0 unspecified atom stereocenters. The zero-order valence-electron chi connectivity index (χ0n) is 14.5. The molecule has 0 saturated carbocycles. The van der Waals surface area contributed by atoms with Gasteiger partial charge in [0.05, 0.1) is 22.8 Å². The van der Waals surface area contributed by atoms with E-state index in [1.807, 2.05) is 24.3 Å². The van der Waals surface area contributed by atoms with E-state index in [1.165, 1.54) is 12.1 Å². The van der Waals surface area contributed by atoms with Gasteiger partial charge < -0.3 is 10.2 Å². The van der Waals surface area contributed by atoms with Crippen LogP contribution in [0.25, 0.3) is 33.9 Å². The number of halogens is 2. The molecule has 2 aromatic carbocycles. The fraction of sp³-hybridized carbons (Fsp3) is 0. The summed E-state index contributed by atoms with van der Waals surface area (Å²) in [7, 11) is 0. The second-order valence-corrected chi connectivity index (χ2v) is 7.01. The Morgan fingerprint density at radius 1 is 0.536 bits per heavy atom. The fourth-order valence-corrected chi connectivity index (χ4v) is 3.23. The van der Waals surface area contributed by atoms with Crippen LogP contribution in [-0.4, -0.2) is 20.2 Å². The van der Waals surface area contributed by atoms with Gasteiger partial charge >= 0.3 is 0 Å². The lowest BCUT2D eigenvalue weighted by Gasteiger charge is -2.09. The van der Waals surface area contributed by atoms with Crippen molar-refractivity contribution in [3.63, 3.8) is 0 Å². The predicted octanol–water partition coefficient (Wildman–Crippen LogP) is 6.20. The molecule has 2 heterocycles. The molecule has 2 N–H and O–H groups in total. The molecule has 2 aromatic heterocycles. The second-order valence-electron chi connectivity index (χ2n) is 6.14. The van der Waals surface area contributed by atoms with Crippen molar-refractivity contribution in [3.8, 4) is 45.4 Å². The molecule has 0 aliphatic heterocycles. The molecule has 4 rings (SSSR count). The average Bonchev–Trinajstić information content (AvgIpc) is 2.72. The van der Waals surface area contributed by atoms with Crippen molar-refractivity contribution < 1.29 is 10.2 Å². The lowest BCUT2D eigenvalue weighted by molar-refractivity contribution is 0.476. The zero-order chi connectivity index (χ0) is 19.7. The largest absolute Gasteiger partial charge is 0.507 e. The van der Waals surface area contributed by atoms with Crippen LogP contribution in [0.1, 0.15) is 0 Å². The Bertz CT molecular complexity index is 1090. The van der Waals surface area contributed by atoms with Crippen molar-refractivity contribution in [2.75, 3.05) is 0 Å². The van der Waals surface area contributed by atoms with E-state index in [-0.39, 0.29) is 11.5 Å². The third-order valence-corrected chi connectivity index (χ3v) is 4.70. The van der Waals surface area contributed by atoms with Gasteiger partial charge in [0, 0.05) is 21.2 Å². The molecule has 0 atom stereocenters. The van der Waals surface area contributed by atoms with Crippen LogP contribution in [0.5, 0.6) is 11.5 Å². The maximum Gasteiger partial charge on any atom is 0.125 e. The van der Waals surface area contributed by atoms with E-state index in [0.29, 0.717) is 43.9 Å². The molecule has 0 spiro atoms. The van der Waals surface area contributed by atoms with Gasteiger partial charge in [0.2, 0.25) is 0 Å². The summed E-state index contributed by atoms with van der Waals surface area (Å²) in [6, 6.07) is 20.5. The Morgan fingerprint density at radius 2 is 0.929 bits per heavy atom. The van der Waals surface area contributed by atoms with E-state index in [4.69, 9.17) is 23.2 Å². The first-order chi connectivity index (χ1) is 13.5. The lowest BCUT2D eigenvalue weighted by Crippen LogP contribution is -1.92. The van der Waals surface area contributed by atoms with Crippen LogP contribution >= 0.6 is 23.2 Å². The lowest BCUT2D eigenvalue weighted by atomic mass is 10.1. The quantitative estimate of drug-likeness (QED) is 0.423. The molecule has 28 heavy (non-hydrogen) atoms. The first kappa shape index (κ1) is 18.3. The molecular formula is C22H14Cl2N2O2. The number of hydrogen-bond acceptors (Lipinski definition) is 4. The van der Waals surface area contributed by atoms with E-state index in [0.717, 1.165) is 0 Å². The molecular weight excluding hydrogens is 395 g/mol. The second kappa shape index (κ2) is 7.50. The number of phenolic OH excluding ortho intramolecular Hbond substituents is 2. The summed E-state index contributed by atoms with van der Waals surface area (Å²) in [5.74, 6) is 0.194. The Balaban J connectivity index is 1.78. The fourth-order valence-electron chi connectivity index (χ4n) is 2.88. The maximum atomic E-state index is 10.1. The van der Waals surface area contributed by atoms with Gasteiger partial charge in [-0.05, 0) is 60.7 Å². The summed E-state index contributed by atoms with van der Waals surface area (Å²) in [4.78, 5) is 9.24. The van der Waals surface area contributed by atoms with Crippen LogP contribution in [0, 0.1) is 0 Å². The number of benzene rings is 2. The minimum Gasteiger partial charge on any atom is -0.507 e. The minimum absolute atomic E-state index is 0.0969. The van der Waals surface area contributed by atoms with E-state index >= 15 is 0 Å². The number of aromatic hydroxyl groups is 2. The standard InChI is InChI=1S/C22H14Cl2N2O2/c23-13-7-9-21(27)15(11-13)17-3-1-5-19(25-17)20-6-2-4-18(26-20)16-12-14(24)8-10-22(16)28/h1-12,27-28H. The van der Waals surface area contributed by atoms with Crippen molar-refractivity contribution in [2.45, 2.75) is 0 Å². The third-order valence-electron chi connectivity index (χ3n) is 4.23. The molecule has 4 aromatic rings. The molecule has 138 valence electrons. The average molecular weight is 409 g/mol. The van der Waals surface area contributed by atoms with Gasteiger partial charge in [0.25, 0.3) is 0 Å². The van der Waals surface area contributed by atoms with Crippen LogP contribution in [0.3, 0.4) is 0 Å². The van der Waals surface area contributed by atoms with Crippen LogP contribution in [0.2, 0.25) is 10.0 Å². The highest BCUT2D eigenvalue weighted by Gasteiger charge is 2.11. The molecule has 6 heteroatoms. The van der Waals surface area contributed by atoms with Gasteiger partial charge in [-0.3, -0.25) is 0 Å². The number of pyridine rings is 2. The molecule has 0 aliphatic carbocycles. The highest BCUT2D eigenvalue weighted by molar-refractivity contribution is 6.31. The van der Waals surface area contributed by atoms with Gasteiger partial charge in [-0.1, -0.05) is 35.3 Å². The van der Waals surface area contributed by atoms with Crippen molar-refractivity contribution in [2.24, 2.45) is 0 Å². The number of nitrogens with zero attached hydrogens (tertiary/aromatic N) is 2. The predicted molar refractivity (Wildman–Crippen MR) is 112 cm³/mol. The van der Waals surface area contributed by atoms with E-state index < -0.39 is 0 Å². The van der Waals surface area contributed by atoms with Gasteiger partial charge in [0.1, 0.15) is 11.5 Å². The van der Waals surface area contributed by atoms with Crippen LogP contribution in [0.15, 0.2) is 72.8 Å². The van der Waals surface area contributed by atoms with Crippen molar-refractivity contribution in [1.82, 2.24) is 9.97 Å². The highest BCUT2D eigenvalue weighted by Crippen LogP contribution is 2.33. The zero-order valence-corrected chi connectivity index (χ0v) is 16.0. The van der Waals surface area contributed by atoms with Crippen LogP contribution in [-0.2, 0) is 0 Å². The number of phenols is 2. The molecule has 0 bridgehead atoms. The SMILES string of the molecule is Oc1ccc(Cl)cc1-c1cccc(-c2cccc(-c3cc(Cl)ccc3O)n2)n1. The number of rotatable bonds is 3. The third kappa shape index (κ3) is 3.65. The van der Waals surface area contributed by atoms with E-state index in [1.54, 1.807) is 36.4 Å². The normalized spacial score (nSPS) is 10.8. The van der Waals surface area contributed by atoms with Crippen molar-refractivity contribution in [3.05, 3.63) is 82.8 Å². The van der Waals surface area contributed by atoms with E-state index in [9.17, 15) is 10.2 Å². The Hall–Kier alpha value is -3.08. The summed E-state index contributed by atoms with van der Waals surface area (Å²) in [5, 5.41) is 21.3. The van der Waals surface area contributed by atoms with Gasteiger partial charge in [0.15, 0.2) is 0 Å². The Morgan fingerprint density at radius 3 is 1.36 bits per heavy atom. The van der Waals surface area contributed by atoms with Gasteiger partial charge in [-0.15, -0.1) is 0 Å². The van der Waals surface area contributed by atoms with Crippen LogP contribution in [0.4, 0.5) is 0 Å². The first-order valence-electron chi connectivity index (χ1n) is 8.43. The smallest absolute Gasteiger partial charge is 0.125 e. The van der Waals surface area contributed by atoms with Gasteiger partial charge in [-0.25, -0.2) is 9.97 Å². The summed E-state index contributed by atoms with van der Waals surface area (Å²) >= 11 is 12.1. The molecule has 0 saturated heterocycles. The van der Waals surface area contributed by atoms with Crippen molar-refractivity contribution >= 4 is 23.2 Å². The summed E-state index contributed by atoms with van der Waals surface area (Å²) in [6.45, 7) is 0. The number of hydrogen-bond donors (Lipinski definition) is 2. The Labute approximate surface area is 171 Å². The monoisotopic (exact) mass is 408 g/mol. The molecule has 0 radical (unpaired) electrons. The van der Waals surface area contributed by atoms with E-state index in [2.05, 4.69) is 9.97 Å². The highest BCUT2D eigenvalue weighted by atomic mass is 35.5. The molecule has 0 aliphatic rings. The molecule has 0 amide bonds. The molecule has 4 nitrogen and oxygen atoms in total.